The van der Waals surface area contributed by atoms with Gasteiger partial charge in [0.05, 0.1) is 30.7 Å². The van der Waals surface area contributed by atoms with Gasteiger partial charge in [0.1, 0.15) is 17.7 Å². The highest BCUT2D eigenvalue weighted by Crippen LogP contribution is 2.31. The van der Waals surface area contributed by atoms with E-state index in [0.29, 0.717) is 50.3 Å². The van der Waals surface area contributed by atoms with Crippen LogP contribution in [-0.4, -0.2) is 78.6 Å². The third kappa shape index (κ3) is 6.17. The number of urea groups is 1. The second-order valence-corrected chi connectivity index (χ2v) is 11.2. The Bertz CT molecular complexity index is 1410. The number of nitrogens with one attached hydrogen (secondary N) is 3. The van der Waals surface area contributed by atoms with Crippen LogP contribution >= 0.6 is 0 Å². The number of amidine groups is 1. The van der Waals surface area contributed by atoms with Gasteiger partial charge in [-0.2, -0.15) is 4.99 Å². The molecule has 1 atom stereocenters. The molecule has 1 saturated carbocycles. The zero-order valence-corrected chi connectivity index (χ0v) is 24.3. The topological polar surface area (TPSA) is 107 Å². The highest BCUT2D eigenvalue weighted by molar-refractivity contribution is 5.98. The van der Waals surface area contributed by atoms with Gasteiger partial charge in [0.25, 0.3) is 11.7 Å². The Balaban J connectivity index is 1.19. The van der Waals surface area contributed by atoms with Crippen LogP contribution < -0.4 is 20.4 Å². The average molecular weight is 572 g/mol. The smallest absolute Gasteiger partial charge is 0.321 e. The van der Waals surface area contributed by atoms with Crippen LogP contribution in [0.1, 0.15) is 42.1 Å². The number of hydrogen-bond donors (Lipinski definition) is 3. The van der Waals surface area contributed by atoms with Crippen molar-refractivity contribution in [3.8, 4) is 0 Å². The fourth-order valence-corrected chi connectivity index (χ4v) is 5.53. The fraction of sp³-hybridized carbons (Fsp3) is 0.419. The number of benzene rings is 1. The Kier molecular flexibility index (Phi) is 8.20. The van der Waals surface area contributed by atoms with Crippen molar-refractivity contribution in [1.82, 2.24) is 14.8 Å². The maximum atomic E-state index is 13.2. The normalized spacial score (nSPS) is 19.6. The molecule has 3 N–H and O–H groups in total. The molecule has 1 aromatic heterocycles. The van der Waals surface area contributed by atoms with Gasteiger partial charge in [-0.05, 0) is 61.9 Å². The van der Waals surface area contributed by atoms with Crippen molar-refractivity contribution in [1.29, 1.82) is 0 Å². The van der Waals surface area contributed by atoms with Crippen molar-refractivity contribution in [2.45, 2.75) is 33.1 Å². The van der Waals surface area contributed by atoms with Gasteiger partial charge in [-0.1, -0.05) is 13.0 Å². The Hall–Kier alpha value is -4.22. The Morgan fingerprint density at radius 3 is 2.74 bits per heavy atom. The van der Waals surface area contributed by atoms with E-state index in [0.717, 1.165) is 52.9 Å². The number of ether oxygens (including phenoxy) is 1. The molecule has 0 radical (unpaired) electrons. The number of fused-ring (bicyclic) bond motifs is 1. The molecule has 42 heavy (non-hydrogen) atoms. The summed E-state index contributed by atoms with van der Waals surface area (Å²) >= 11 is 0. The first-order valence-corrected chi connectivity index (χ1v) is 14.8. The highest BCUT2D eigenvalue weighted by atomic mass is 16.5. The van der Waals surface area contributed by atoms with E-state index >= 15 is 0 Å². The molecule has 11 nitrogen and oxygen atoms in total. The summed E-state index contributed by atoms with van der Waals surface area (Å²) in [6, 6.07) is 9.59. The van der Waals surface area contributed by atoms with E-state index in [1.54, 1.807) is 17.2 Å². The summed E-state index contributed by atoms with van der Waals surface area (Å²) in [6.07, 6.45) is 10.8. The van der Waals surface area contributed by atoms with E-state index in [9.17, 15) is 9.59 Å². The number of amides is 3. The lowest BCUT2D eigenvalue weighted by atomic mass is 10.1. The van der Waals surface area contributed by atoms with E-state index in [-0.39, 0.29) is 11.9 Å². The largest absolute Gasteiger partial charge is 0.378 e. The van der Waals surface area contributed by atoms with E-state index in [1.807, 2.05) is 48.6 Å². The molecule has 0 bridgehead atoms. The maximum absolute atomic E-state index is 13.2. The number of morpholine rings is 1. The molecule has 1 aliphatic carbocycles. The third-order valence-electron chi connectivity index (χ3n) is 8.05. The minimum atomic E-state index is -0.0373. The van der Waals surface area contributed by atoms with Crippen LogP contribution in [-0.2, 0) is 4.74 Å². The molecule has 6 rings (SSSR count). The van der Waals surface area contributed by atoms with Gasteiger partial charge in [-0.3, -0.25) is 9.69 Å². The monoisotopic (exact) mass is 571 g/mol. The summed E-state index contributed by atoms with van der Waals surface area (Å²) in [5, 5.41) is 6.59. The van der Waals surface area contributed by atoms with Crippen LogP contribution in [0, 0.1) is 12.8 Å². The number of pyridine rings is 1. The van der Waals surface area contributed by atoms with Crippen LogP contribution in [0.25, 0.3) is 0 Å². The van der Waals surface area contributed by atoms with E-state index in [1.165, 1.54) is 12.8 Å². The molecular weight excluding hydrogens is 532 g/mol. The lowest BCUT2D eigenvalue weighted by molar-refractivity contribution is -0.743. The quantitative estimate of drug-likeness (QED) is 0.427. The zero-order chi connectivity index (χ0) is 29.1. The van der Waals surface area contributed by atoms with Crippen LogP contribution in [0.15, 0.2) is 65.8 Å². The molecule has 3 aliphatic heterocycles. The van der Waals surface area contributed by atoms with Crippen molar-refractivity contribution in [3.05, 3.63) is 72.0 Å². The van der Waals surface area contributed by atoms with Crippen LogP contribution in [0.2, 0.25) is 0 Å². The van der Waals surface area contributed by atoms with Gasteiger partial charge >= 0.3 is 6.03 Å². The Morgan fingerprint density at radius 2 is 2.00 bits per heavy atom. The molecule has 0 spiro atoms. The van der Waals surface area contributed by atoms with Crippen LogP contribution in [0.3, 0.4) is 0 Å². The number of anilines is 3. The number of rotatable bonds is 9. The Labute approximate surface area is 246 Å². The standard InChI is InChI=1S/C31H38N8O3/c1-3-12-37(19-23-7-8-23)31(41)35-25-5-4-6-27(22(25)2)39-20-26(29-32-11-13-38(29)21-39)34-28-10-9-24(18-33-28)30(40)36-14-16-42-17-15-36/h4-6,9-11,13,18,20,23H,3,7-8,12,14-17,19,21H2,1-2H3,(H,33,34)(H,35,41)/p+1. The summed E-state index contributed by atoms with van der Waals surface area (Å²) < 4.78 is 5.36. The summed E-state index contributed by atoms with van der Waals surface area (Å²) in [5.41, 5.74) is 4.18. The van der Waals surface area contributed by atoms with Crippen molar-refractivity contribution in [2.24, 2.45) is 10.9 Å². The van der Waals surface area contributed by atoms with Crippen molar-refractivity contribution in [2.75, 3.05) is 61.6 Å². The zero-order valence-electron chi connectivity index (χ0n) is 24.3. The average Bonchev–Trinajstić information content (AvgIpc) is 3.71. The van der Waals surface area contributed by atoms with Crippen molar-refractivity contribution < 1.29 is 19.2 Å². The lowest BCUT2D eigenvalue weighted by Crippen LogP contribution is -3.12. The van der Waals surface area contributed by atoms with Crippen LogP contribution in [0.4, 0.5) is 22.0 Å². The summed E-state index contributed by atoms with van der Waals surface area (Å²) in [6.45, 7) is 8.69. The van der Waals surface area contributed by atoms with Gasteiger partial charge in [0, 0.05) is 44.3 Å². The van der Waals surface area contributed by atoms with Gasteiger partial charge in [0.2, 0.25) is 0 Å². The second-order valence-electron chi connectivity index (χ2n) is 11.2. The SMILES string of the molecule is CCCN(CC1CC1)C(=O)Nc1cccc(N2C=C(Nc3ccc(C(=O)N4CCOCC4)cn3)C3=NC=C[NH+]3C2)c1C. The van der Waals surface area contributed by atoms with Crippen molar-refractivity contribution >= 4 is 35.0 Å². The fourth-order valence-electron chi connectivity index (χ4n) is 5.53. The first-order valence-electron chi connectivity index (χ1n) is 14.8. The number of aromatic nitrogens is 1. The molecule has 3 amide bonds. The lowest BCUT2D eigenvalue weighted by Gasteiger charge is -2.31. The molecule has 11 heteroatoms. The first kappa shape index (κ1) is 27.9. The third-order valence-corrected chi connectivity index (χ3v) is 8.05. The number of quaternary nitrogens is 1. The van der Waals surface area contributed by atoms with Crippen LogP contribution in [0.5, 0.6) is 0 Å². The van der Waals surface area contributed by atoms with E-state index in [2.05, 4.69) is 38.5 Å². The van der Waals surface area contributed by atoms with E-state index in [4.69, 9.17) is 4.74 Å². The molecule has 4 heterocycles. The molecule has 1 saturated heterocycles. The minimum Gasteiger partial charge on any atom is -0.378 e. The van der Waals surface area contributed by atoms with Gasteiger partial charge in [0.15, 0.2) is 6.67 Å². The maximum Gasteiger partial charge on any atom is 0.321 e. The highest BCUT2D eigenvalue weighted by Gasteiger charge is 2.32. The number of hydrogen-bond acceptors (Lipinski definition) is 7. The molecule has 220 valence electrons. The molecule has 2 aromatic rings. The summed E-state index contributed by atoms with van der Waals surface area (Å²) in [7, 11) is 0. The summed E-state index contributed by atoms with van der Waals surface area (Å²) in [5.74, 6) is 2.11. The minimum absolute atomic E-state index is 0.0341. The van der Waals surface area contributed by atoms with Gasteiger partial charge in [-0.25, -0.2) is 14.7 Å². The summed E-state index contributed by atoms with van der Waals surface area (Å²) in [4.78, 5) is 42.1. The molecule has 2 fully saturated rings. The second kappa shape index (κ2) is 12.3. The molecule has 1 unspecified atom stereocenters. The van der Waals surface area contributed by atoms with Gasteiger partial charge < -0.3 is 25.2 Å². The molecule has 1 aromatic carbocycles. The molecular formula is C31H39N8O3+. The molecule has 4 aliphatic rings. The number of aliphatic imine (C=N–C) groups is 1. The van der Waals surface area contributed by atoms with Crippen molar-refractivity contribution in [3.63, 3.8) is 0 Å². The Morgan fingerprint density at radius 1 is 1.17 bits per heavy atom. The number of carbonyl (C=O) groups excluding carboxylic acids is 2. The van der Waals surface area contributed by atoms with E-state index < -0.39 is 0 Å². The predicted molar refractivity (Wildman–Crippen MR) is 162 cm³/mol. The first-order chi connectivity index (χ1) is 20.5. The number of nitrogens with zero attached hydrogens (tertiary/aromatic N) is 5. The number of carbonyl (C=O) groups is 2. The predicted octanol–water partition coefficient (Wildman–Crippen LogP) is 3.02. The van der Waals surface area contributed by atoms with Gasteiger partial charge in [-0.15, -0.1) is 0 Å².